The fraction of sp³-hybridized carbons (Fsp3) is 0.158. The highest BCUT2D eigenvalue weighted by Gasteiger charge is 2.25. The number of rotatable bonds is 4. The standard InChI is InChI=1S/C19H16ClNO3/c1-3-24-19(23)16-12(2)17(21-11-5-4-6-15(16)21)18(22)13-7-9-14(20)10-8-13/h4-11H,3H2,1-2H3. The van der Waals surface area contributed by atoms with E-state index < -0.39 is 5.97 Å². The van der Waals surface area contributed by atoms with Gasteiger partial charge >= 0.3 is 5.97 Å². The van der Waals surface area contributed by atoms with Gasteiger partial charge in [-0.15, -0.1) is 0 Å². The molecule has 0 aliphatic carbocycles. The number of ether oxygens (including phenoxy) is 1. The SMILES string of the molecule is CCOC(=O)c1c(C)c(C(=O)c2ccc(Cl)cc2)n2ccccc12. The van der Waals surface area contributed by atoms with Crippen molar-refractivity contribution in [1.82, 2.24) is 4.40 Å². The van der Waals surface area contributed by atoms with E-state index in [2.05, 4.69) is 0 Å². The highest BCUT2D eigenvalue weighted by molar-refractivity contribution is 6.30. The molecule has 0 spiro atoms. The number of esters is 1. The minimum atomic E-state index is -0.422. The second kappa shape index (κ2) is 6.49. The van der Waals surface area contributed by atoms with Gasteiger partial charge in [0.15, 0.2) is 0 Å². The fourth-order valence-electron chi connectivity index (χ4n) is 2.81. The van der Waals surface area contributed by atoms with E-state index in [0.717, 1.165) is 0 Å². The Morgan fingerprint density at radius 2 is 1.83 bits per heavy atom. The van der Waals surface area contributed by atoms with E-state index in [4.69, 9.17) is 16.3 Å². The largest absolute Gasteiger partial charge is 0.462 e. The highest BCUT2D eigenvalue weighted by Crippen LogP contribution is 2.26. The third kappa shape index (κ3) is 2.69. The molecule has 1 aromatic carbocycles. The molecular weight excluding hydrogens is 326 g/mol. The average Bonchev–Trinajstić information content (AvgIpc) is 2.87. The first-order valence-electron chi connectivity index (χ1n) is 7.61. The molecule has 0 radical (unpaired) electrons. The Morgan fingerprint density at radius 3 is 2.50 bits per heavy atom. The molecule has 0 unspecified atom stereocenters. The fourth-order valence-corrected chi connectivity index (χ4v) is 2.94. The molecule has 0 aliphatic rings. The normalized spacial score (nSPS) is 10.8. The van der Waals surface area contributed by atoms with Crippen LogP contribution in [0.1, 0.15) is 38.9 Å². The van der Waals surface area contributed by atoms with Gasteiger partial charge < -0.3 is 9.14 Å². The predicted molar refractivity (Wildman–Crippen MR) is 93.0 cm³/mol. The highest BCUT2D eigenvalue weighted by atomic mass is 35.5. The number of benzene rings is 1. The Bertz CT molecular complexity index is 926. The second-order valence-electron chi connectivity index (χ2n) is 5.36. The Balaban J connectivity index is 2.21. The Morgan fingerprint density at radius 1 is 1.12 bits per heavy atom. The maximum absolute atomic E-state index is 13.0. The van der Waals surface area contributed by atoms with Gasteiger partial charge in [0.05, 0.1) is 23.4 Å². The summed E-state index contributed by atoms with van der Waals surface area (Å²) < 4.78 is 6.89. The zero-order chi connectivity index (χ0) is 17.3. The summed E-state index contributed by atoms with van der Waals surface area (Å²) in [6.45, 7) is 3.80. The van der Waals surface area contributed by atoms with Crippen molar-refractivity contribution in [3.05, 3.63) is 76.1 Å². The van der Waals surface area contributed by atoms with Crippen LogP contribution in [0.3, 0.4) is 0 Å². The summed E-state index contributed by atoms with van der Waals surface area (Å²) in [6, 6.07) is 12.2. The van der Waals surface area contributed by atoms with Crippen molar-refractivity contribution >= 4 is 28.9 Å². The van der Waals surface area contributed by atoms with Crippen LogP contribution in [0, 0.1) is 6.92 Å². The third-order valence-electron chi connectivity index (χ3n) is 3.89. The maximum Gasteiger partial charge on any atom is 0.340 e. The smallest absolute Gasteiger partial charge is 0.340 e. The lowest BCUT2D eigenvalue weighted by molar-refractivity contribution is 0.0528. The summed E-state index contributed by atoms with van der Waals surface area (Å²) in [7, 11) is 0. The van der Waals surface area contributed by atoms with Crippen molar-refractivity contribution in [3.63, 3.8) is 0 Å². The van der Waals surface area contributed by atoms with Gasteiger partial charge in [-0.1, -0.05) is 17.7 Å². The molecule has 2 heterocycles. The number of nitrogens with zero attached hydrogens (tertiary/aromatic N) is 1. The number of fused-ring (bicyclic) bond motifs is 1. The summed E-state index contributed by atoms with van der Waals surface area (Å²) in [5, 5.41) is 0.565. The summed E-state index contributed by atoms with van der Waals surface area (Å²) in [4.78, 5) is 25.3. The van der Waals surface area contributed by atoms with Crippen molar-refractivity contribution in [2.24, 2.45) is 0 Å². The van der Waals surface area contributed by atoms with Crippen LogP contribution in [0.5, 0.6) is 0 Å². The Kier molecular flexibility index (Phi) is 4.40. The summed E-state index contributed by atoms with van der Waals surface area (Å²) >= 11 is 5.89. The Hall–Kier alpha value is -2.59. The van der Waals surface area contributed by atoms with E-state index in [0.29, 0.717) is 32.9 Å². The molecule has 0 saturated heterocycles. The van der Waals surface area contributed by atoms with Crippen molar-refractivity contribution in [2.75, 3.05) is 6.61 Å². The number of pyridine rings is 1. The van der Waals surface area contributed by atoms with Crippen LogP contribution in [-0.2, 0) is 4.74 Å². The van der Waals surface area contributed by atoms with E-state index in [1.165, 1.54) is 0 Å². The molecule has 3 aromatic rings. The third-order valence-corrected chi connectivity index (χ3v) is 4.14. The van der Waals surface area contributed by atoms with E-state index in [1.54, 1.807) is 54.8 Å². The molecule has 0 N–H and O–H groups in total. The summed E-state index contributed by atoms with van der Waals surface area (Å²) in [5.74, 6) is -0.588. The van der Waals surface area contributed by atoms with E-state index in [9.17, 15) is 9.59 Å². The molecular formula is C19H16ClNO3. The minimum Gasteiger partial charge on any atom is -0.462 e. The minimum absolute atomic E-state index is 0.166. The first-order chi connectivity index (χ1) is 11.5. The van der Waals surface area contributed by atoms with Gasteiger partial charge in [0, 0.05) is 16.8 Å². The maximum atomic E-state index is 13.0. The van der Waals surface area contributed by atoms with E-state index in [-0.39, 0.29) is 12.4 Å². The van der Waals surface area contributed by atoms with Crippen LogP contribution < -0.4 is 0 Å². The zero-order valence-electron chi connectivity index (χ0n) is 13.4. The van der Waals surface area contributed by atoms with Gasteiger partial charge in [-0.25, -0.2) is 4.79 Å². The van der Waals surface area contributed by atoms with Crippen molar-refractivity contribution in [1.29, 1.82) is 0 Å². The van der Waals surface area contributed by atoms with Gasteiger partial charge in [0.25, 0.3) is 0 Å². The molecule has 0 atom stereocenters. The lowest BCUT2D eigenvalue weighted by atomic mass is 10.0. The first kappa shape index (κ1) is 16.3. The number of carbonyl (C=O) groups excluding carboxylic acids is 2. The summed E-state index contributed by atoms with van der Waals surface area (Å²) in [6.07, 6.45) is 1.77. The topological polar surface area (TPSA) is 47.8 Å². The first-order valence-corrected chi connectivity index (χ1v) is 7.99. The molecule has 0 amide bonds. The number of hydrogen-bond donors (Lipinski definition) is 0. The van der Waals surface area contributed by atoms with Gasteiger partial charge in [0.1, 0.15) is 0 Å². The molecule has 24 heavy (non-hydrogen) atoms. The number of hydrogen-bond acceptors (Lipinski definition) is 3. The van der Waals surface area contributed by atoms with Crippen molar-refractivity contribution in [3.8, 4) is 0 Å². The molecule has 5 heteroatoms. The number of halogens is 1. The summed E-state index contributed by atoms with van der Waals surface area (Å²) in [5.41, 5.74) is 2.66. The molecule has 122 valence electrons. The van der Waals surface area contributed by atoms with E-state index in [1.807, 2.05) is 12.1 Å². The molecule has 3 rings (SSSR count). The van der Waals surface area contributed by atoms with Gasteiger partial charge in [-0.2, -0.15) is 0 Å². The average molecular weight is 342 g/mol. The molecule has 0 fully saturated rings. The van der Waals surface area contributed by atoms with Crippen LogP contribution in [0.15, 0.2) is 48.7 Å². The van der Waals surface area contributed by atoms with Crippen LogP contribution in [0.2, 0.25) is 5.02 Å². The van der Waals surface area contributed by atoms with Crippen molar-refractivity contribution < 1.29 is 14.3 Å². The number of carbonyl (C=O) groups is 2. The van der Waals surface area contributed by atoms with Gasteiger partial charge in [-0.05, 0) is 55.8 Å². The molecule has 4 nitrogen and oxygen atoms in total. The Labute approximate surface area is 144 Å². The number of ketones is 1. The van der Waals surface area contributed by atoms with Crippen LogP contribution >= 0.6 is 11.6 Å². The number of aromatic nitrogens is 1. The molecule has 0 aliphatic heterocycles. The van der Waals surface area contributed by atoms with Gasteiger partial charge in [0.2, 0.25) is 5.78 Å². The van der Waals surface area contributed by atoms with Crippen LogP contribution in [-0.4, -0.2) is 22.8 Å². The zero-order valence-corrected chi connectivity index (χ0v) is 14.1. The van der Waals surface area contributed by atoms with Crippen LogP contribution in [0.25, 0.3) is 5.52 Å². The quantitative estimate of drug-likeness (QED) is 0.525. The monoisotopic (exact) mass is 341 g/mol. The van der Waals surface area contributed by atoms with Crippen LogP contribution in [0.4, 0.5) is 0 Å². The lowest BCUT2D eigenvalue weighted by Gasteiger charge is -2.04. The van der Waals surface area contributed by atoms with E-state index >= 15 is 0 Å². The van der Waals surface area contributed by atoms with Gasteiger partial charge in [-0.3, -0.25) is 4.79 Å². The van der Waals surface area contributed by atoms with Crippen molar-refractivity contribution in [2.45, 2.75) is 13.8 Å². The molecule has 0 saturated carbocycles. The molecule has 2 aromatic heterocycles. The second-order valence-corrected chi connectivity index (χ2v) is 5.80. The molecule has 0 bridgehead atoms. The lowest BCUT2D eigenvalue weighted by Crippen LogP contribution is -2.08. The predicted octanol–water partition coefficient (Wildman–Crippen LogP) is 4.31.